The average molecular weight is 242 g/mol. The predicted octanol–water partition coefficient (Wildman–Crippen LogP) is 3.53. The van der Waals surface area contributed by atoms with E-state index >= 15 is 0 Å². The molecule has 3 heteroatoms. The molecule has 1 heterocycles. The summed E-state index contributed by atoms with van der Waals surface area (Å²) in [5.41, 5.74) is 9.95. The van der Waals surface area contributed by atoms with Gasteiger partial charge in [0.05, 0.1) is 0 Å². The first-order chi connectivity index (χ1) is 7.09. The zero-order valence-electron chi connectivity index (χ0n) is 9.09. The van der Waals surface area contributed by atoms with Crippen LogP contribution < -0.4 is 5.73 Å². The largest absolute Gasteiger partial charge is 0.324 e. The Morgan fingerprint density at radius 3 is 2.93 bits per heavy atom. The molecule has 1 aromatic carbocycles. The highest BCUT2D eigenvalue weighted by atomic mass is 35.5. The number of nitrogens with two attached hydrogens (primary N) is 1. The summed E-state index contributed by atoms with van der Waals surface area (Å²) in [6, 6.07) is 4.35. The Morgan fingerprint density at radius 2 is 2.20 bits per heavy atom. The third-order valence-electron chi connectivity index (χ3n) is 2.97. The van der Waals surface area contributed by atoms with Crippen LogP contribution in [0.15, 0.2) is 12.1 Å². The van der Waals surface area contributed by atoms with Crippen molar-refractivity contribution in [3.8, 4) is 0 Å². The van der Waals surface area contributed by atoms with Gasteiger partial charge in [-0.2, -0.15) is 11.8 Å². The van der Waals surface area contributed by atoms with E-state index < -0.39 is 0 Å². The molecule has 2 N–H and O–H groups in total. The molecule has 0 amide bonds. The SMILES string of the molecule is Cc1cc(Cl)c2c(c1)C(N)C(C)CSC2. The van der Waals surface area contributed by atoms with Crippen LogP contribution in [0.1, 0.15) is 29.7 Å². The van der Waals surface area contributed by atoms with Crippen molar-refractivity contribution >= 4 is 23.4 Å². The van der Waals surface area contributed by atoms with Crippen LogP contribution in [-0.4, -0.2) is 5.75 Å². The number of thioether (sulfide) groups is 1. The third kappa shape index (κ3) is 2.17. The fraction of sp³-hybridized carbons (Fsp3) is 0.500. The molecule has 0 saturated heterocycles. The zero-order valence-corrected chi connectivity index (χ0v) is 10.7. The van der Waals surface area contributed by atoms with E-state index in [0.717, 1.165) is 16.5 Å². The van der Waals surface area contributed by atoms with Gasteiger partial charge < -0.3 is 5.73 Å². The van der Waals surface area contributed by atoms with E-state index in [1.807, 2.05) is 17.8 Å². The van der Waals surface area contributed by atoms with Crippen LogP contribution in [0.2, 0.25) is 5.02 Å². The van der Waals surface area contributed by atoms with Crippen molar-refractivity contribution in [2.45, 2.75) is 25.6 Å². The normalized spacial score (nSPS) is 25.9. The second-order valence-corrected chi connectivity index (χ2v) is 5.77. The summed E-state index contributed by atoms with van der Waals surface area (Å²) in [6.07, 6.45) is 0. The molecule has 0 spiro atoms. The summed E-state index contributed by atoms with van der Waals surface area (Å²) >= 11 is 8.19. The summed E-state index contributed by atoms with van der Waals surface area (Å²) in [4.78, 5) is 0. The number of fused-ring (bicyclic) bond motifs is 1. The highest BCUT2D eigenvalue weighted by Gasteiger charge is 2.23. The summed E-state index contributed by atoms with van der Waals surface area (Å²) in [7, 11) is 0. The van der Waals surface area contributed by atoms with Crippen LogP contribution in [0.25, 0.3) is 0 Å². The van der Waals surface area contributed by atoms with Crippen molar-refractivity contribution in [3.05, 3.63) is 33.8 Å². The quantitative estimate of drug-likeness (QED) is 0.752. The minimum Gasteiger partial charge on any atom is -0.324 e. The monoisotopic (exact) mass is 241 g/mol. The van der Waals surface area contributed by atoms with Gasteiger partial charge in [-0.05, 0) is 41.4 Å². The lowest BCUT2D eigenvalue weighted by Gasteiger charge is -2.19. The van der Waals surface area contributed by atoms with Crippen molar-refractivity contribution < 1.29 is 0 Å². The first-order valence-electron chi connectivity index (χ1n) is 5.22. The molecule has 0 radical (unpaired) electrons. The molecule has 2 atom stereocenters. The molecular formula is C12H16ClNS. The maximum absolute atomic E-state index is 6.26. The van der Waals surface area contributed by atoms with Crippen LogP contribution in [0.3, 0.4) is 0 Å². The van der Waals surface area contributed by atoms with E-state index in [-0.39, 0.29) is 6.04 Å². The van der Waals surface area contributed by atoms with Crippen molar-refractivity contribution in [3.63, 3.8) is 0 Å². The van der Waals surface area contributed by atoms with Crippen LogP contribution in [0.4, 0.5) is 0 Å². The van der Waals surface area contributed by atoms with E-state index in [1.165, 1.54) is 16.7 Å². The summed E-state index contributed by atoms with van der Waals surface area (Å²) in [5, 5.41) is 0.877. The fourth-order valence-corrected chi connectivity index (χ4v) is 3.66. The molecule has 1 aromatic rings. The number of rotatable bonds is 0. The highest BCUT2D eigenvalue weighted by Crippen LogP contribution is 2.36. The van der Waals surface area contributed by atoms with Gasteiger partial charge in [-0.3, -0.25) is 0 Å². The Labute approximate surface area is 100 Å². The zero-order chi connectivity index (χ0) is 11.0. The lowest BCUT2D eigenvalue weighted by Crippen LogP contribution is -2.20. The standard InChI is InChI=1S/C12H16ClNS/c1-7-3-9-10(11(13)4-7)6-15-5-8(2)12(9)14/h3-4,8,12H,5-6,14H2,1-2H3. The van der Waals surface area contributed by atoms with Gasteiger partial charge in [-0.25, -0.2) is 0 Å². The first-order valence-corrected chi connectivity index (χ1v) is 6.75. The lowest BCUT2D eigenvalue weighted by molar-refractivity contribution is 0.523. The molecule has 15 heavy (non-hydrogen) atoms. The molecule has 0 bridgehead atoms. The Bertz CT molecular complexity index is 378. The van der Waals surface area contributed by atoms with Crippen molar-refractivity contribution in [1.29, 1.82) is 0 Å². The van der Waals surface area contributed by atoms with Gasteiger partial charge in [0.25, 0.3) is 0 Å². The van der Waals surface area contributed by atoms with Crippen molar-refractivity contribution in [2.75, 3.05) is 5.75 Å². The Hall–Kier alpha value is -0.180. The highest BCUT2D eigenvalue weighted by molar-refractivity contribution is 7.98. The summed E-state index contributed by atoms with van der Waals surface area (Å²) in [5.74, 6) is 2.63. The van der Waals surface area contributed by atoms with Gasteiger partial charge in [0, 0.05) is 16.8 Å². The van der Waals surface area contributed by atoms with Crippen LogP contribution in [0, 0.1) is 12.8 Å². The second-order valence-electron chi connectivity index (χ2n) is 4.33. The van der Waals surface area contributed by atoms with E-state index in [4.69, 9.17) is 17.3 Å². The number of hydrogen-bond acceptors (Lipinski definition) is 2. The summed E-state index contributed by atoms with van der Waals surface area (Å²) in [6.45, 7) is 4.28. The maximum Gasteiger partial charge on any atom is 0.0452 e. The van der Waals surface area contributed by atoms with E-state index in [2.05, 4.69) is 19.9 Å². The molecule has 2 rings (SSSR count). The lowest BCUT2D eigenvalue weighted by atomic mass is 9.92. The average Bonchev–Trinajstić information content (AvgIpc) is 2.30. The van der Waals surface area contributed by atoms with Crippen LogP contribution >= 0.6 is 23.4 Å². The molecule has 0 aromatic heterocycles. The molecule has 1 aliphatic rings. The molecule has 82 valence electrons. The van der Waals surface area contributed by atoms with Gasteiger partial charge in [-0.1, -0.05) is 24.6 Å². The minimum absolute atomic E-state index is 0.132. The second kappa shape index (κ2) is 4.36. The van der Waals surface area contributed by atoms with E-state index in [0.29, 0.717) is 5.92 Å². The van der Waals surface area contributed by atoms with E-state index in [9.17, 15) is 0 Å². The maximum atomic E-state index is 6.26. The Kier molecular flexibility index (Phi) is 3.29. The number of halogens is 1. The summed E-state index contributed by atoms with van der Waals surface area (Å²) < 4.78 is 0. The van der Waals surface area contributed by atoms with Crippen LogP contribution in [0.5, 0.6) is 0 Å². The van der Waals surface area contributed by atoms with Gasteiger partial charge in [0.1, 0.15) is 0 Å². The van der Waals surface area contributed by atoms with Gasteiger partial charge >= 0.3 is 0 Å². The first kappa shape index (κ1) is 11.3. The predicted molar refractivity (Wildman–Crippen MR) is 68.4 cm³/mol. The minimum atomic E-state index is 0.132. The van der Waals surface area contributed by atoms with Crippen molar-refractivity contribution in [2.24, 2.45) is 11.7 Å². The fourth-order valence-electron chi connectivity index (χ4n) is 2.01. The Balaban J connectivity index is 2.53. The number of aryl methyl sites for hydroxylation is 1. The molecule has 0 saturated carbocycles. The van der Waals surface area contributed by atoms with Crippen LogP contribution in [-0.2, 0) is 5.75 Å². The molecule has 2 unspecified atom stereocenters. The number of benzene rings is 1. The van der Waals surface area contributed by atoms with Gasteiger partial charge in [0.2, 0.25) is 0 Å². The smallest absolute Gasteiger partial charge is 0.0452 e. The Morgan fingerprint density at radius 1 is 1.47 bits per heavy atom. The molecular weight excluding hydrogens is 226 g/mol. The van der Waals surface area contributed by atoms with Gasteiger partial charge in [-0.15, -0.1) is 0 Å². The molecule has 1 nitrogen and oxygen atoms in total. The third-order valence-corrected chi connectivity index (χ3v) is 4.57. The topological polar surface area (TPSA) is 26.0 Å². The molecule has 0 fully saturated rings. The van der Waals surface area contributed by atoms with E-state index in [1.54, 1.807) is 0 Å². The molecule has 0 aliphatic carbocycles. The molecule has 1 aliphatic heterocycles. The number of hydrogen-bond donors (Lipinski definition) is 1. The van der Waals surface area contributed by atoms with Gasteiger partial charge in [0.15, 0.2) is 0 Å². The van der Waals surface area contributed by atoms with Crippen molar-refractivity contribution in [1.82, 2.24) is 0 Å².